The van der Waals surface area contributed by atoms with Crippen LogP contribution in [0.4, 0.5) is 0 Å². The van der Waals surface area contributed by atoms with Crippen molar-refractivity contribution in [3.63, 3.8) is 0 Å². The van der Waals surface area contributed by atoms with Gasteiger partial charge in [0.15, 0.2) is 11.5 Å². The Morgan fingerprint density at radius 3 is 2.93 bits per heavy atom. The summed E-state index contributed by atoms with van der Waals surface area (Å²) in [6, 6.07) is 3.69. The van der Waals surface area contributed by atoms with E-state index in [0.717, 1.165) is 35.4 Å². The van der Waals surface area contributed by atoms with E-state index in [9.17, 15) is 0 Å². The minimum absolute atomic E-state index is 0.623. The van der Waals surface area contributed by atoms with Crippen molar-refractivity contribution >= 4 is 34.3 Å². The fourth-order valence-electron chi connectivity index (χ4n) is 1.53. The maximum atomic E-state index is 5.93. The van der Waals surface area contributed by atoms with Crippen LogP contribution in [0, 0.1) is 6.92 Å². The standard InChI is InChI=1S/C11H11Cl2NO/c1-7-5-8(13)6-9-11(7)15-10(14-9)3-2-4-12/h5-6H,2-4H2,1H3. The van der Waals surface area contributed by atoms with E-state index in [4.69, 9.17) is 27.6 Å². The van der Waals surface area contributed by atoms with Gasteiger partial charge in [0, 0.05) is 17.3 Å². The monoisotopic (exact) mass is 243 g/mol. The lowest BCUT2D eigenvalue weighted by molar-refractivity contribution is 0.524. The number of halogens is 2. The Morgan fingerprint density at radius 2 is 2.20 bits per heavy atom. The summed E-state index contributed by atoms with van der Waals surface area (Å²) in [5.74, 6) is 1.36. The lowest BCUT2D eigenvalue weighted by atomic mass is 10.2. The molecule has 0 aliphatic rings. The third-order valence-corrected chi connectivity index (χ3v) is 2.69. The first kappa shape index (κ1) is 10.8. The summed E-state index contributed by atoms with van der Waals surface area (Å²) >= 11 is 11.6. The number of aromatic nitrogens is 1. The first-order chi connectivity index (χ1) is 7.20. The van der Waals surface area contributed by atoms with Gasteiger partial charge in [0.1, 0.15) is 5.52 Å². The molecule has 1 heterocycles. The van der Waals surface area contributed by atoms with Crippen LogP contribution < -0.4 is 0 Å². The Labute approximate surface area is 98.2 Å². The Kier molecular flexibility index (Phi) is 3.17. The second kappa shape index (κ2) is 4.42. The van der Waals surface area contributed by atoms with Crippen LogP contribution in [0.1, 0.15) is 17.9 Å². The molecule has 0 spiro atoms. The van der Waals surface area contributed by atoms with Crippen LogP contribution in [0.3, 0.4) is 0 Å². The zero-order chi connectivity index (χ0) is 10.8. The number of fused-ring (bicyclic) bond motifs is 1. The van der Waals surface area contributed by atoms with E-state index in [0.29, 0.717) is 10.9 Å². The molecule has 0 atom stereocenters. The summed E-state index contributed by atoms with van der Waals surface area (Å²) in [5.41, 5.74) is 2.66. The normalized spacial score (nSPS) is 11.1. The number of rotatable bonds is 3. The predicted octanol–water partition coefficient (Wildman–Crippen LogP) is 3.96. The summed E-state index contributed by atoms with van der Waals surface area (Å²) in [4.78, 5) is 4.36. The van der Waals surface area contributed by atoms with Crippen LogP contribution >= 0.6 is 23.2 Å². The summed E-state index contributed by atoms with van der Waals surface area (Å²) in [6.45, 7) is 1.96. The molecule has 0 amide bonds. The van der Waals surface area contributed by atoms with Crippen molar-refractivity contribution in [2.45, 2.75) is 19.8 Å². The number of nitrogens with zero attached hydrogens (tertiary/aromatic N) is 1. The quantitative estimate of drug-likeness (QED) is 0.763. The molecule has 0 N–H and O–H groups in total. The Morgan fingerprint density at radius 1 is 1.40 bits per heavy atom. The highest BCUT2D eigenvalue weighted by molar-refractivity contribution is 6.31. The van der Waals surface area contributed by atoms with Gasteiger partial charge >= 0.3 is 0 Å². The molecule has 0 saturated heterocycles. The van der Waals surface area contributed by atoms with E-state index in [2.05, 4.69) is 4.98 Å². The molecule has 2 rings (SSSR count). The Balaban J connectivity index is 2.41. The molecule has 2 nitrogen and oxygen atoms in total. The van der Waals surface area contributed by atoms with Gasteiger partial charge in [0.25, 0.3) is 0 Å². The molecule has 15 heavy (non-hydrogen) atoms. The van der Waals surface area contributed by atoms with Crippen LogP contribution in [0.2, 0.25) is 5.02 Å². The zero-order valence-electron chi connectivity index (χ0n) is 8.39. The minimum Gasteiger partial charge on any atom is -0.440 e. The van der Waals surface area contributed by atoms with Gasteiger partial charge < -0.3 is 4.42 Å². The van der Waals surface area contributed by atoms with Crippen LogP contribution in [-0.4, -0.2) is 10.9 Å². The molecule has 0 bridgehead atoms. The van der Waals surface area contributed by atoms with Crippen molar-refractivity contribution in [2.24, 2.45) is 0 Å². The van der Waals surface area contributed by atoms with Gasteiger partial charge in [-0.15, -0.1) is 11.6 Å². The summed E-state index contributed by atoms with van der Waals surface area (Å²) in [5, 5.41) is 0.692. The molecule has 0 aliphatic heterocycles. The van der Waals surface area contributed by atoms with Crippen molar-refractivity contribution in [1.82, 2.24) is 4.98 Å². The van der Waals surface area contributed by atoms with E-state index in [1.54, 1.807) is 0 Å². The van der Waals surface area contributed by atoms with Crippen molar-refractivity contribution in [3.8, 4) is 0 Å². The maximum Gasteiger partial charge on any atom is 0.195 e. The van der Waals surface area contributed by atoms with Gasteiger partial charge in [-0.1, -0.05) is 11.6 Å². The lowest BCUT2D eigenvalue weighted by Crippen LogP contribution is -1.84. The topological polar surface area (TPSA) is 26.0 Å². The summed E-state index contributed by atoms with van der Waals surface area (Å²) in [6.07, 6.45) is 1.65. The van der Waals surface area contributed by atoms with Gasteiger partial charge in [-0.05, 0) is 31.0 Å². The second-order valence-corrected chi connectivity index (χ2v) is 4.29. The SMILES string of the molecule is Cc1cc(Cl)cc2nc(CCCCl)oc12. The smallest absolute Gasteiger partial charge is 0.195 e. The Hall–Kier alpha value is -0.730. The highest BCUT2D eigenvalue weighted by atomic mass is 35.5. The highest BCUT2D eigenvalue weighted by Crippen LogP contribution is 2.24. The van der Waals surface area contributed by atoms with Gasteiger partial charge in [-0.3, -0.25) is 0 Å². The first-order valence-electron chi connectivity index (χ1n) is 4.82. The third-order valence-electron chi connectivity index (χ3n) is 2.21. The van der Waals surface area contributed by atoms with Crippen molar-refractivity contribution < 1.29 is 4.42 Å². The fourth-order valence-corrected chi connectivity index (χ4v) is 1.93. The maximum absolute atomic E-state index is 5.93. The van der Waals surface area contributed by atoms with E-state index >= 15 is 0 Å². The van der Waals surface area contributed by atoms with Crippen LogP contribution in [0.5, 0.6) is 0 Å². The molecular formula is C11H11Cl2NO. The zero-order valence-corrected chi connectivity index (χ0v) is 9.90. The number of aryl methyl sites for hydroxylation is 2. The summed E-state index contributed by atoms with van der Waals surface area (Å²) in [7, 11) is 0. The number of hydrogen-bond acceptors (Lipinski definition) is 2. The van der Waals surface area contributed by atoms with Crippen LogP contribution in [0.25, 0.3) is 11.1 Å². The van der Waals surface area contributed by atoms with E-state index in [1.165, 1.54) is 0 Å². The molecule has 1 aromatic heterocycles. The van der Waals surface area contributed by atoms with E-state index < -0.39 is 0 Å². The molecule has 0 fully saturated rings. The van der Waals surface area contributed by atoms with E-state index in [-0.39, 0.29) is 0 Å². The lowest BCUT2D eigenvalue weighted by Gasteiger charge is -1.93. The predicted molar refractivity (Wildman–Crippen MR) is 62.8 cm³/mol. The largest absolute Gasteiger partial charge is 0.440 e. The fraction of sp³-hybridized carbons (Fsp3) is 0.364. The van der Waals surface area contributed by atoms with Crippen molar-refractivity contribution in [1.29, 1.82) is 0 Å². The number of hydrogen-bond donors (Lipinski definition) is 0. The van der Waals surface area contributed by atoms with Crippen molar-refractivity contribution in [3.05, 3.63) is 28.6 Å². The molecule has 80 valence electrons. The molecule has 1 aromatic carbocycles. The van der Waals surface area contributed by atoms with Crippen molar-refractivity contribution in [2.75, 3.05) is 5.88 Å². The highest BCUT2D eigenvalue weighted by Gasteiger charge is 2.08. The van der Waals surface area contributed by atoms with Gasteiger partial charge in [-0.25, -0.2) is 4.98 Å². The van der Waals surface area contributed by atoms with Gasteiger partial charge in [-0.2, -0.15) is 0 Å². The molecule has 0 saturated carbocycles. The minimum atomic E-state index is 0.623. The molecular weight excluding hydrogens is 233 g/mol. The molecule has 0 aliphatic carbocycles. The molecule has 0 unspecified atom stereocenters. The van der Waals surface area contributed by atoms with Crippen LogP contribution in [0.15, 0.2) is 16.5 Å². The van der Waals surface area contributed by atoms with Crippen LogP contribution in [-0.2, 0) is 6.42 Å². The molecule has 4 heteroatoms. The number of benzene rings is 1. The molecule has 2 aromatic rings. The average Bonchev–Trinajstić information content (AvgIpc) is 2.57. The number of alkyl halides is 1. The number of oxazole rings is 1. The van der Waals surface area contributed by atoms with Gasteiger partial charge in [0.2, 0.25) is 0 Å². The average molecular weight is 244 g/mol. The third kappa shape index (κ3) is 2.27. The summed E-state index contributed by atoms with van der Waals surface area (Å²) < 4.78 is 5.63. The molecule has 0 radical (unpaired) electrons. The first-order valence-corrected chi connectivity index (χ1v) is 5.73. The second-order valence-electron chi connectivity index (χ2n) is 3.47. The Bertz CT molecular complexity index is 479. The van der Waals surface area contributed by atoms with E-state index in [1.807, 2.05) is 19.1 Å². The van der Waals surface area contributed by atoms with Gasteiger partial charge in [0.05, 0.1) is 0 Å².